The molecule has 1 aromatic carbocycles. The van der Waals surface area contributed by atoms with Gasteiger partial charge in [0.1, 0.15) is 0 Å². The van der Waals surface area contributed by atoms with E-state index < -0.39 is 0 Å². The minimum absolute atomic E-state index is 0.312. The summed E-state index contributed by atoms with van der Waals surface area (Å²) < 4.78 is 0. The molecule has 0 fully saturated rings. The molecular formula is C12H10BrClS. The van der Waals surface area contributed by atoms with Crippen LogP contribution in [0.2, 0.25) is 5.02 Å². The van der Waals surface area contributed by atoms with Crippen molar-refractivity contribution in [2.24, 2.45) is 0 Å². The zero-order valence-electron chi connectivity index (χ0n) is 7.99. The maximum Gasteiger partial charge on any atom is 0.0556 e. The van der Waals surface area contributed by atoms with Crippen LogP contribution in [-0.2, 0) is 6.42 Å². The van der Waals surface area contributed by atoms with Gasteiger partial charge in [0.15, 0.2) is 0 Å². The van der Waals surface area contributed by atoms with Gasteiger partial charge in [-0.05, 0) is 23.4 Å². The Labute approximate surface area is 107 Å². The predicted molar refractivity (Wildman–Crippen MR) is 71.1 cm³/mol. The second-order valence-corrected chi connectivity index (χ2v) is 5.75. The Morgan fingerprint density at radius 2 is 1.93 bits per heavy atom. The molecule has 3 heteroatoms. The molecule has 1 unspecified atom stereocenters. The van der Waals surface area contributed by atoms with E-state index in [1.807, 2.05) is 17.5 Å². The van der Waals surface area contributed by atoms with Gasteiger partial charge in [0, 0.05) is 4.88 Å². The average molecular weight is 302 g/mol. The van der Waals surface area contributed by atoms with Gasteiger partial charge in [-0.3, -0.25) is 0 Å². The summed E-state index contributed by atoms with van der Waals surface area (Å²) in [6.07, 6.45) is 0.973. The summed E-state index contributed by atoms with van der Waals surface area (Å²) in [6.45, 7) is 0. The highest BCUT2D eigenvalue weighted by atomic mass is 79.9. The SMILES string of the molecule is Clc1ccsc1C(Br)Cc1ccccc1. The van der Waals surface area contributed by atoms with E-state index >= 15 is 0 Å². The molecule has 0 N–H and O–H groups in total. The third kappa shape index (κ3) is 2.83. The second kappa shape index (κ2) is 5.15. The summed E-state index contributed by atoms with van der Waals surface area (Å²) in [5, 5.41) is 2.88. The van der Waals surface area contributed by atoms with Crippen molar-refractivity contribution in [2.75, 3.05) is 0 Å². The summed E-state index contributed by atoms with van der Waals surface area (Å²) in [5.41, 5.74) is 1.32. The standard InChI is InChI=1S/C12H10BrClS/c13-10(12-11(14)6-7-15-12)8-9-4-2-1-3-5-9/h1-7,10H,8H2. The van der Waals surface area contributed by atoms with Gasteiger partial charge < -0.3 is 0 Å². The molecule has 0 aliphatic carbocycles. The number of benzene rings is 1. The van der Waals surface area contributed by atoms with Gasteiger partial charge in [0.25, 0.3) is 0 Å². The van der Waals surface area contributed by atoms with E-state index in [4.69, 9.17) is 11.6 Å². The van der Waals surface area contributed by atoms with Gasteiger partial charge in [0.2, 0.25) is 0 Å². The third-order valence-electron chi connectivity index (χ3n) is 2.19. The fourth-order valence-electron chi connectivity index (χ4n) is 1.44. The zero-order chi connectivity index (χ0) is 10.7. The van der Waals surface area contributed by atoms with Crippen molar-refractivity contribution in [1.82, 2.24) is 0 Å². The first-order valence-electron chi connectivity index (χ1n) is 4.68. The molecule has 2 aromatic rings. The van der Waals surface area contributed by atoms with Crippen LogP contribution in [-0.4, -0.2) is 0 Å². The van der Waals surface area contributed by atoms with Crippen LogP contribution in [0.3, 0.4) is 0 Å². The van der Waals surface area contributed by atoms with Crippen LogP contribution in [0.15, 0.2) is 41.8 Å². The van der Waals surface area contributed by atoms with Crippen LogP contribution in [0.5, 0.6) is 0 Å². The van der Waals surface area contributed by atoms with Crippen LogP contribution < -0.4 is 0 Å². The number of hydrogen-bond acceptors (Lipinski definition) is 1. The van der Waals surface area contributed by atoms with E-state index in [1.165, 1.54) is 10.4 Å². The number of alkyl halides is 1. The summed E-state index contributed by atoms with van der Waals surface area (Å²) in [4.78, 5) is 1.52. The Bertz CT molecular complexity index is 424. The van der Waals surface area contributed by atoms with E-state index in [0.717, 1.165) is 11.4 Å². The lowest BCUT2D eigenvalue weighted by Crippen LogP contribution is -1.92. The van der Waals surface area contributed by atoms with Crippen molar-refractivity contribution in [1.29, 1.82) is 0 Å². The van der Waals surface area contributed by atoms with Crippen LogP contribution in [0.25, 0.3) is 0 Å². The Morgan fingerprint density at radius 3 is 2.53 bits per heavy atom. The summed E-state index contributed by atoms with van der Waals surface area (Å²) >= 11 is 11.5. The minimum Gasteiger partial charge on any atom is -0.146 e. The normalized spacial score (nSPS) is 12.7. The zero-order valence-corrected chi connectivity index (χ0v) is 11.1. The van der Waals surface area contributed by atoms with Gasteiger partial charge in [-0.25, -0.2) is 0 Å². The van der Waals surface area contributed by atoms with Crippen LogP contribution in [0.1, 0.15) is 15.3 Å². The van der Waals surface area contributed by atoms with Crippen molar-refractivity contribution in [3.8, 4) is 0 Å². The van der Waals surface area contributed by atoms with E-state index in [2.05, 4.69) is 40.2 Å². The average Bonchev–Trinajstić information content (AvgIpc) is 2.66. The van der Waals surface area contributed by atoms with Gasteiger partial charge in [-0.2, -0.15) is 0 Å². The molecule has 78 valence electrons. The summed E-state index contributed by atoms with van der Waals surface area (Å²) in [7, 11) is 0. The molecule has 0 radical (unpaired) electrons. The maximum atomic E-state index is 6.08. The molecule has 2 rings (SSSR count). The fraction of sp³-hybridized carbons (Fsp3) is 0.167. The van der Waals surface area contributed by atoms with Crippen molar-refractivity contribution in [2.45, 2.75) is 11.2 Å². The van der Waals surface area contributed by atoms with E-state index in [9.17, 15) is 0 Å². The number of halogens is 2. The first-order chi connectivity index (χ1) is 7.27. The number of rotatable bonds is 3. The molecular weight excluding hydrogens is 292 g/mol. The number of hydrogen-bond donors (Lipinski definition) is 0. The Balaban J connectivity index is 2.11. The molecule has 1 heterocycles. The molecule has 0 bridgehead atoms. The minimum atomic E-state index is 0.312. The maximum absolute atomic E-state index is 6.08. The quantitative estimate of drug-likeness (QED) is 0.694. The monoisotopic (exact) mass is 300 g/mol. The lowest BCUT2D eigenvalue weighted by Gasteiger charge is -2.08. The highest BCUT2D eigenvalue weighted by Gasteiger charge is 2.13. The van der Waals surface area contributed by atoms with Crippen molar-refractivity contribution >= 4 is 38.9 Å². The smallest absolute Gasteiger partial charge is 0.0556 e. The first-order valence-corrected chi connectivity index (χ1v) is 6.85. The molecule has 0 saturated heterocycles. The molecule has 0 nitrogen and oxygen atoms in total. The predicted octanol–water partition coefficient (Wildman–Crippen LogP) is 5.08. The van der Waals surface area contributed by atoms with Gasteiger partial charge >= 0.3 is 0 Å². The molecule has 1 aromatic heterocycles. The number of thiophene rings is 1. The fourth-order valence-corrected chi connectivity index (χ4v) is 3.68. The Hall–Kier alpha value is -0.310. The summed E-state index contributed by atoms with van der Waals surface area (Å²) in [5.74, 6) is 0. The Morgan fingerprint density at radius 1 is 1.20 bits per heavy atom. The van der Waals surface area contributed by atoms with Gasteiger partial charge in [-0.15, -0.1) is 11.3 Å². The molecule has 0 amide bonds. The largest absolute Gasteiger partial charge is 0.146 e. The van der Waals surface area contributed by atoms with E-state index in [-0.39, 0.29) is 0 Å². The van der Waals surface area contributed by atoms with E-state index in [0.29, 0.717) is 4.83 Å². The second-order valence-electron chi connectivity index (χ2n) is 3.29. The lowest BCUT2D eigenvalue weighted by molar-refractivity contribution is 0.970. The van der Waals surface area contributed by atoms with Gasteiger partial charge in [-0.1, -0.05) is 57.9 Å². The molecule has 15 heavy (non-hydrogen) atoms. The van der Waals surface area contributed by atoms with Crippen molar-refractivity contribution in [3.05, 3.63) is 57.2 Å². The Kier molecular flexibility index (Phi) is 3.84. The van der Waals surface area contributed by atoms with Crippen LogP contribution in [0.4, 0.5) is 0 Å². The van der Waals surface area contributed by atoms with E-state index in [1.54, 1.807) is 11.3 Å². The molecule has 0 saturated carbocycles. The van der Waals surface area contributed by atoms with Crippen molar-refractivity contribution < 1.29 is 0 Å². The molecule has 0 aliphatic heterocycles. The molecule has 1 atom stereocenters. The molecule has 0 spiro atoms. The summed E-state index contributed by atoms with van der Waals surface area (Å²) in [6, 6.07) is 12.4. The third-order valence-corrected chi connectivity index (χ3v) is 4.74. The first kappa shape index (κ1) is 11.2. The van der Waals surface area contributed by atoms with Crippen LogP contribution >= 0.6 is 38.9 Å². The van der Waals surface area contributed by atoms with Gasteiger partial charge in [0.05, 0.1) is 9.85 Å². The molecule has 0 aliphatic rings. The topological polar surface area (TPSA) is 0 Å². The highest BCUT2D eigenvalue weighted by molar-refractivity contribution is 9.09. The van der Waals surface area contributed by atoms with Crippen LogP contribution in [0, 0.1) is 0 Å². The lowest BCUT2D eigenvalue weighted by atomic mass is 10.1. The van der Waals surface area contributed by atoms with Crippen molar-refractivity contribution in [3.63, 3.8) is 0 Å². The highest BCUT2D eigenvalue weighted by Crippen LogP contribution is 2.36.